The molecule has 1 aromatic rings. The second-order valence-electron chi connectivity index (χ2n) is 8.21. The molecule has 1 heterocycles. The molecule has 6 nitrogen and oxygen atoms in total. The van der Waals surface area contributed by atoms with Crippen LogP contribution in [0.1, 0.15) is 72.4 Å². The van der Waals surface area contributed by atoms with Gasteiger partial charge in [-0.1, -0.05) is 26.7 Å². The van der Waals surface area contributed by atoms with Crippen molar-refractivity contribution in [2.24, 2.45) is 17.1 Å². The maximum Gasteiger partial charge on any atom is 0.261 e. The Balaban J connectivity index is 1.85. The molecule has 6 heteroatoms. The molecule has 0 aliphatic heterocycles. The molecule has 0 radical (unpaired) electrons. The number of carbonyl (C=O) groups excluding carboxylic acids is 2. The predicted octanol–water partition coefficient (Wildman–Crippen LogP) is 1.78. The Hall–Kier alpha value is -1.95. The Kier molecular flexibility index (Phi) is 4.82. The summed E-state index contributed by atoms with van der Waals surface area (Å²) in [7, 11) is 0. The van der Waals surface area contributed by atoms with Crippen LogP contribution in [0.3, 0.4) is 0 Å². The van der Waals surface area contributed by atoms with Gasteiger partial charge in [0.25, 0.3) is 11.5 Å². The lowest BCUT2D eigenvalue weighted by atomic mass is 9.75. The van der Waals surface area contributed by atoms with Gasteiger partial charge >= 0.3 is 0 Å². The lowest BCUT2D eigenvalue weighted by molar-refractivity contribution is 0.0906. The minimum atomic E-state index is -0.429. The molecule has 0 spiro atoms. The zero-order valence-corrected chi connectivity index (χ0v) is 15.0. The molecule has 136 valence electrons. The van der Waals surface area contributed by atoms with E-state index in [1.54, 1.807) is 0 Å². The van der Waals surface area contributed by atoms with Crippen LogP contribution in [-0.2, 0) is 6.42 Å². The molecule has 2 atom stereocenters. The van der Waals surface area contributed by atoms with E-state index >= 15 is 0 Å². The Labute approximate surface area is 147 Å². The van der Waals surface area contributed by atoms with E-state index in [0.29, 0.717) is 30.6 Å². The first-order valence-corrected chi connectivity index (χ1v) is 9.11. The van der Waals surface area contributed by atoms with Crippen molar-refractivity contribution < 1.29 is 9.59 Å². The third-order valence-electron chi connectivity index (χ3n) is 5.49. The first-order chi connectivity index (χ1) is 11.8. The average molecular weight is 345 g/mol. The highest BCUT2D eigenvalue weighted by Crippen LogP contribution is 2.33. The summed E-state index contributed by atoms with van der Waals surface area (Å²) in [6.07, 6.45) is 5.10. The van der Waals surface area contributed by atoms with Crippen LogP contribution >= 0.6 is 0 Å². The number of rotatable bonds is 3. The summed E-state index contributed by atoms with van der Waals surface area (Å²) in [6.45, 7) is 4.53. The minimum absolute atomic E-state index is 0.00341. The van der Waals surface area contributed by atoms with Crippen molar-refractivity contribution in [1.82, 2.24) is 10.3 Å². The van der Waals surface area contributed by atoms with Crippen LogP contribution in [0.5, 0.6) is 0 Å². The highest BCUT2D eigenvalue weighted by molar-refractivity contribution is 6.02. The molecule has 1 fully saturated rings. The van der Waals surface area contributed by atoms with Crippen molar-refractivity contribution in [3.8, 4) is 0 Å². The van der Waals surface area contributed by atoms with Crippen molar-refractivity contribution in [2.45, 2.75) is 58.4 Å². The van der Waals surface area contributed by atoms with Crippen LogP contribution in [0.2, 0.25) is 0 Å². The number of hydrogen-bond acceptors (Lipinski definition) is 4. The van der Waals surface area contributed by atoms with Gasteiger partial charge in [-0.15, -0.1) is 0 Å². The number of hydrogen-bond donors (Lipinski definition) is 3. The smallest absolute Gasteiger partial charge is 0.261 e. The molecule has 2 unspecified atom stereocenters. The van der Waals surface area contributed by atoms with Gasteiger partial charge in [-0.05, 0) is 43.2 Å². The van der Waals surface area contributed by atoms with Crippen LogP contribution < -0.4 is 16.6 Å². The van der Waals surface area contributed by atoms with Crippen LogP contribution in [-0.4, -0.2) is 29.3 Å². The Morgan fingerprint density at radius 3 is 2.72 bits per heavy atom. The summed E-state index contributed by atoms with van der Waals surface area (Å²) in [4.78, 5) is 40.2. The third-order valence-corrected chi connectivity index (χ3v) is 5.49. The van der Waals surface area contributed by atoms with E-state index < -0.39 is 11.5 Å². The number of carbonyl (C=O) groups is 2. The molecule has 0 saturated heterocycles. The number of nitrogens with one attached hydrogen (secondary N) is 2. The van der Waals surface area contributed by atoms with Crippen LogP contribution in [0.4, 0.5) is 0 Å². The number of pyridine rings is 1. The molecule has 2 aliphatic carbocycles. The second kappa shape index (κ2) is 6.75. The van der Waals surface area contributed by atoms with Gasteiger partial charge in [0, 0.05) is 23.7 Å². The zero-order valence-electron chi connectivity index (χ0n) is 15.0. The van der Waals surface area contributed by atoms with Crippen molar-refractivity contribution in [3.63, 3.8) is 0 Å². The quantitative estimate of drug-likeness (QED) is 0.776. The number of Topliss-reactive ketones (excluding diaryl/α,β-unsaturated/α-hetero) is 1. The van der Waals surface area contributed by atoms with Crippen molar-refractivity contribution in [2.75, 3.05) is 6.54 Å². The number of nitrogens with two attached hydrogens (primary N) is 1. The topological polar surface area (TPSA) is 105 Å². The third kappa shape index (κ3) is 3.68. The van der Waals surface area contributed by atoms with Crippen molar-refractivity contribution in [3.05, 3.63) is 33.2 Å². The summed E-state index contributed by atoms with van der Waals surface area (Å²) in [5.74, 6) is -0.182. The number of aromatic nitrogens is 1. The van der Waals surface area contributed by atoms with E-state index in [2.05, 4.69) is 10.3 Å². The van der Waals surface area contributed by atoms with Gasteiger partial charge in [0.05, 0.1) is 0 Å². The Morgan fingerprint density at radius 2 is 2.00 bits per heavy atom. The maximum absolute atomic E-state index is 12.6. The molecule has 1 amide bonds. The van der Waals surface area contributed by atoms with Crippen LogP contribution in [0.25, 0.3) is 0 Å². The highest BCUT2D eigenvalue weighted by Gasteiger charge is 2.33. The van der Waals surface area contributed by atoms with Gasteiger partial charge in [0.1, 0.15) is 5.56 Å². The number of H-pyrrole nitrogens is 1. The average Bonchev–Trinajstić information content (AvgIpc) is 2.53. The fourth-order valence-electron chi connectivity index (χ4n) is 4.12. The maximum atomic E-state index is 12.6. The van der Waals surface area contributed by atoms with E-state index in [4.69, 9.17) is 5.73 Å². The lowest BCUT2D eigenvalue weighted by Crippen LogP contribution is -2.46. The van der Waals surface area contributed by atoms with Crippen LogP contribution in [0.15, 0.2) is 10.9 Å². The van der Waals surface area contributed by atoms with E-state index in [1.807, 2.05) is 13.8 Å². The standard InChI is InChI=1S/C19H27N3O3/c1-19(2)8-15-12(16(23)9-19)7-13(18(25)22-15)17(24)21-14-6-4-3-5-11(14)10-20/h7,11,14H,3-6,8-10,20H2,1-2H3,(H,21,24)(H,22,25). The molecule has 25 heavy (non-hydrogen) atoms. The highest BCUT2D eigenvalue weighted by atomic mass is 16.2. The summed E-state index contributed by atoms with van der Waals surface area (Å²) in [5, 5.41) is 2.96. The van der Waals surface area contributed by atoms with Crippen molar-refractivity contribution in [1.29, 1.82) is 0 Å². The molecule has 1 aromatic heterocycles. The molecule has 0 aromatic carbocycles. The first kappa shape index (κ1) is 17.9. The number of fused-ring (bicyclic) bond motifs is 1. The van der Waals surface area contributed by atoms with Crippen molar-refractivity contribution >= 4 is 11.7 Å². The molecular formula is C19H27N3O3. The number of ketones is 1. The summed E-state index contributed by atoms with van der Waals surface area (Å²) in [5.41, 5.74) is 6.34. The molecular weight excluding hydrogens is 318 g/mol. The van der Waals surface area contributed by atoms with Gasteiger partial charge in [0.15, 0.2) is 5.78 Å². The molecule has 1 saturated carbocycles. The van der Waals surface area contributed by atoms with E-state index in [9.17, 15) is 14.4 Å². The van der Waals surface area contributed by atoms with E-state index in [0.717, 1.165) is 25.7 Å². The van der Waals surface area contributed by atoms with Gasteiger partial charge < -0.3 is 16.0 Å². The van der Waals surface area contributed by atoms with Gasteiger partial charge in [-0.3, -0.25) is 14.4 Å². The fourth-order valence-corrected chi connectivity index (χ4v) is 4.12. The fraction of sp³-hybridized carbons (Fsp3) is 0.632. The normalized spacial score (nSPS) is 25.3. The monoisotopic (exact) mass is 345 g/mol. The molecule has 4 N–H and O–H groups in total. The summed E-state index contributed by atoms with van der Waals surface area (Å²) < 4.78 is 0. The number of amides is 1. The lowest BCUT2D eigenvalue weighted by Gasteiger charge is -2.31. The van der Waals surface area contributed by atoms with Gasteiger partial charge in [0.2, 0.25) is 0 Å². The largest absolute Gasteiger partial charge is 0.349 e. The summed E-state index contributed by atoms with van der Waals surface area (Å²) in [6, 6.07) is 1.47. The summed E-state index contributed by atoms with van der Waals surface area (Å²) >= 11 is 0. The minimum Gasteiger partial charge on any atom is -0.349 e. The van der Waals surface area contributed by atoms with E-state index in [1.165, 1.54) is 6.07 Å². The predicted molar refractivity (Wildman–Crippen MR) is 95.8 cm³/mol. The van der Waals surface area contributed by atoms with Crippen LogP contribution in [0, 0.1) is 11.3 Å². The number of aromatic amines is 1. The SMILES string of the molecule is CC1(C)CC(=O)c2cc(C(=O)NC3CCCCC3CN)c(=O)[nH]c2C1. The molecule has 3 rings (SSSR count). The molecule has 2 aliphatic rings. The van der Waals surface area contributed by atoms with E-state index in [-0.39, 0.29) is 28.7 Å². The first-order valence-electron chi connectivity index (χ1n) is 9.11. The molecule has 0 bridgehead atoms. The zero-order chi connectivity index (χ0) is 18.2. The van der Waals surface area contributed by atoms with Gasteiger partial charge in [-0.25, -0.2) is 0 Å². The Morgan fingerprint density at radius 1 is 1.28 bits per heavy atom. The van der Waals surface area contributed by atoms with Gasteiger partial charge in [-0.2, -0.15) is 0 Å². The Bertz CT molecular complexity index is 751. The second-order valence-corrected chi connectivity index (χ2v) is 8.21.